The van der Waals surface area contributed by atoms with Gasteiger partial charge in [0.2, 0.25) is 0 Å². The van der Waals surface area contributed by atoms with Crippen molar-refractivity contribution in [3.63, 3.8) is 0 Å². The molecule has 4 heteroatoms. The summed E-state index contributed by atoms with van der Waals surface area (Å²) in [5, 5.41) is 8.91. The number of fused-ring (bicyclic) bond motifs is 1. The van der Waals surface area contributed by atoms with Gasteiger partial charge in [0.05, 0.1) is 7.11 Å². The second-order valence-electron chi connectivity index (χ2n) is 3.78. The molecule has 1 aliphatic carbocycles. The Hall–Kier alpha value is -1.84. The monoisotopic (exact) mass is 220 g/mol. The number of ether oxygens (including phenoxy) is 1. The van der Waals surface area contributed by atoms with Gasteiger partial charge in [0.15, 0.2) is 5.78 Å². The average Bonchev–Trinajstić information content (AvgIpc) is 2.28. The lowest BCUT2D eigenvalue weighted by Crippen LogP contribution is -2.29. The lowest BCUT2D eigenvalue weighted by atomic mass is 9.82. The molecule has 0 saturated carbocycles. The summed E-state index contributed by atoms with van der Waals surface area (Å²) in [5.74, 6) is -1.60. The summed E-state index contributed by atoms with van der Waals surface area (Å²) in [6, 6.07) is 5.16. The van der Waals surface area contributed by atoms with Gasteiger partial charge in [-0.25, -0.2) is 0 Å². The number of aliphatic carboxylic acids is 1. The molecule has 0 fully saturated rings. The predicted molar refractivity (Wildman–Crippen MR) is 56.8 cm³/mol. The van der Waals surface area contributed by atoms with Gasteiger partial charge >= 0.3 is 5.97 Å². The van der Waals surface area contributed by atoms with E-state index >= 15 is 0 Å². The highest BCUT2D eigenvalue weighted by Gasteiger charge is 2.33. The Balaban J connectivity index is 2.46. The van der Waals surface area contributed by atoms with E-state index in [1.165, 1.54) is 0 Å². The van der Waals surface area contributed by atoms with E-state index in [0.717, 1.165) is 5.56 Å². The van der Waals surface area contributed by atoms with Crippen molar-refractivity contribution in [2.24, 2.45) is 5.92 Å². The molecule has 0 amide bonds. The minimum Gasteiger partial charge on any atom is -0.496 e. The number of hydrogen-bond acceptors (Lipinski definition) is 3. The standard InChI is InChI=1S/C12H12O4/c1-16-10-4-2-3-8-7(10)5-6-9(11(8)13)12(14)15/h2-4,9H,5-6H2,1H3,(H,14,15). The van der Waals surface area contributed by atoms with Gasteiger partial charge in [0.25, 0.3) is 0 Å². The fourth-order valence-corrected chi connectivity index (χ4v) is 2.09. The normalized spacial score (nSPS) is 19.1. The second-order valence-corrected chi connectivity index (χ2v) is 3.78. The molecular weight excluding hydrogens is 208 g/mol. The molecular formula is C12H12O4. The maximum absolute atomic E-state index is 11.9. The van der Waals surface area contributed by atoms with Crippen molar-refractivity contribution >= 4 is 11.8 Å². The van der Waals surface area contributed by atoms with Gasteiger partial charge in [0.1, 0.15) is 11.7 Å². The molecule has 16 heavy (non-hydrogen) atoms. The Morgan fingerprint density at radius 1 is 1.50 bits per heavy atom. The first-order valence-corrected chi connectivity index (χ1v) is 5.08. The lowest BCUT2D eigenvalue weighted by molar-refractivity contribution is -0.140. The van der Waals surface area contributed by atoms with Crippen LogP contribution < -0.4 is 4.74 Å². The van der Waals surface area contributed by atoms with Gasteiger partial charge in [-0.3, -0.25) is 9.59 Å². The summed E-state index contributed by atoms with van der Waals surface area (Å²) in [4.78, 5) is 22.8. The fraction of sp³-hybridized carbons (Fsp3) is 0.333. The Labute approximate surface area is 92.8 Å². The third-order valence-electron chi connectivity index (χ3n) is 2.92. The summed E-state index contributed by atoms with van der Waals surface area (Å²) in [7, 11) is 1.55. The predicted octanol–water partition coefficient (Wildman–Crippen LogP) is 1.52. The van der Waals surface area contributed by atoms with Crippen LogP contribution in [-0.4, -0.2) is 24.0 Å². The molecule has 0 saturated heterocycles. The molecule has 0 heterocycles. The number of rotatable bonds is 2. The summed E-state index contributed by atoms with van der Waals surface area (Å²) in [5.41, 5.74) is 1.31. The number of carbonyl (C=O) groups excluding carboxylic acids is 1. The number of carboxylic acid groups (broad SMARTS) is 1. The molecule has 0 aromatic heterocycles. The van der Waals surface area contributed by atoms with E-state index in [1.54, 1.807) is 25.3 Å². The van der Waals surface area contributed by atoms with Gasteiger partial charge in [-0.05, 0) is 18.9 Å². The molecule has 0 radical (unpaired) electrons. The van der Waals surface area contributed by atoms with Crippen molar-refractivity contribution in [3.05, 3.63) is 29.3 Å². The van der Waals surface area contributed by atoms with Crippen LogP contribution in [0.5, 0.6) is 5.75 Å². The first-order chi connectivity index (χ1) is 7.65. The quantitative estimate of drug-likeness (QED) is 0.767. The Kier molecular flexibility index (Phi) is 2.64. The third kappa shape index (κ3) is 1.56. The zero-order chi connectivity index (χ0) is 11.7. The van der Waals surface area contributed by atoms with Crippen LogP contribution in [-0.2, 0) is 11.2 Å². The number of carbonyl (C=O) groups is 2. The van der Waals surface area contributed by atoms with E-state index < -0.39 is 11.9 Å². The summed E-state index contributed by atoms with van der Waals surface area (Å²) in [6.45, 7) is 0. The minimum absolute atomic E-state index is 0.312. The molecule has 1 aromatic rings. The zero-order valence-electron chi connectivity index (χ0n) is 8.90. The fourth-order valence-electron chi connectivity index (χ4n) is 2.09. The van der Waals surface area contributed by atoms with Crippen LogP contribution in [0.15, 0.2) is 18.2 Å². The highest BCUT2D eigenvalue weighted by molar-refractivity contribution is 6.10. The highest BCUT2D eigenvalue weighted by Crippen LogP contribution is 2.31. The van der Waals surface area contributed by atoms with Crippen molar-refractivity contribution in [1.82, 2.24) is 0 Å². The van der Waals surface area contributed by atoms with Crippen molar-refractivity contribution < 1.29 is 19.4 Å². The first kappa shape index (κ1) is 10.7. The van der Waals surface area contributed by atoms with Crippen LogP contribution in [0, 0.1) is 5.92 Å². The maximum Gasteiger partial charge on any atom is 0.314 e. The Morgan fingerprint density at radius 2 is 2.25 bits per heavy atom. The number of methoxy groups -OCH3 is 1. The SMILES string of the molecule is COc1cccc2c1CCC(C(=O)O)C2=O. The molecule has 2 rings (SSSR count). The number of Topliss-reactive ketones (excluding diaryl/α,β-unsaturated/α-hetero) is 1. The zero-order valence-corrected chi connectivity index (χ0v) is 8.90. The molecule has 1 aliphatic rings. The number of ketones is 1. The second kappa shape index (κ2) is 3.96. The van der Waals surface area contributed by atoms with Crippen molar-refractivity contribution in [2.45, 2.75) is 12.8 Å². The molecule has 1 aromatic carbocycles. The van der Waals surface area contributed by atoms with Crippen LogP contribution >= 0.6 is 0 Å². The molecule has 4 nitrogen and oxygen atoms in total. The van der Waals surface area contributed by atoms with E-state index in [9.17, 15) is 9.59 Å². The largest absolute Gasteiger partial charge is 0.496 e. The Bertz CT molecular complexity index is 450. The van der Waals surface area contributed by atoms with Gasteiger partial charge in [-0.1, -0.05) is 12.1 Å². The molecule has 0 spiro atoms. The van der Waals surface area contributed by atoms with Crippen LogP contribution in [0.4, 0.5) is 0 Å². The highest BCUT2D eigenvalue weighted by atomic mass is 16.5. The Morgan fingerprint density at radius 3 is 2.88 bits per heavy atom. The maximum atomic E-state index is 11.9. The number of hydrogen-bond donors (Lipinski definition) is 1. The number of carboxylic acids is 1. The topological polar surface area (TPSA) is 63.6 Å². The van der Waals surface area contributed by atoms with Crippen molar-refractivity contribution in [3.8, 4) is 5.75 Å². The molecule has 0 aliphatic heterocycles. The summed E-state index contributed by atoms with van der Waals surface area (Å²) in [6.07, 6.45) is 0.920. The van der Waals surface area contributed by atoms with Crippen LogP contribution in [0.3, 0.4) is 0 Å². The summed E-state index contributed by atoms with van der Waals surface area (Å²) >= 11 is 0. The van der Waals surface area contributed by atoms with Gasteiger partial charge in [-0.2, -0.15) is 0 Å². The third-order valence-corrected chi connectivity index (χ3v) is 2.92. The van der Waals surface area contributed by atoms with Crippen molar-refractivity contribution in [2.75, 3.05) is 7.11 Å². The molecule has 0 bridgehead atoms. The van der Waals surface area contributed by atoms with Crippen LogP contribution in [0.1, 0.15) is 22.3 Å². The lowest BCUT2D eigenvalue weighted by Gasteiger charge is -2.21. The molecule has 1 unspecified atom stereocenters. The summed E-state index contributed by atoms with van der Waals surface area (Å²) < 4.78 is 5.16. The average molecular weight is 220 g/mol. The molecule has 1 atom stereocenters. The molecule has 84 valence electrons. The van der Waals surface area contributed by atoms with Gasteiger partial charge in [-0.15, -0.1) is 0 Å². The van der Waals surface area contributed by atoms with E-state index in [0.29, 0.717) is 24.2 Å². The van der Waals surface area contributed by atoms with E-state index in [4.69, 9.17) is 9.84 Å². The van der Waals surface area contributed by atoms with Gasteiger partial charge in [0, 0.05) is 11.1 Å². The van der Waals surface area contributed by atoms with E-state index in [1.807, 2.05) is 0 Å². The number of benzene rings is 1. The minimum atomic E-state index is -1.04. The molecule has 1 N–H and O–H groups in total. The van der Waals surface area contributed by atoms with Crippen LogP contribution in [0.2, 0.25) is 0 Å². The van der Waals surface area contributed by atoms with E-state index in [2.05, 4.69) is 0 Å². The van der Waals surface area contributed by atoms with Crippen LogP contribution in [0.25, 0.3) is 0 Å². The van der Waals surface area contributed by atoms with Crippen molar-refractivity contribution in [1.29, 1.82) is 0 Å². The van der Waals surface area contributed by atoms with Gasteiger partial charge < -0.3 is 9.84 Å². The first-order valence-electron chi connectivity index (χ1n) is 5.08. The van der Waals surface area contributed by atoms with E-state index in [-0.39, 0.29) is 5.78 Å². The smallest absolute Gasteiger partial charge is 0.314 e.